The van der Waals surface area contributed by atoms with Crippen molar-refractivity contribution in [2.45, 2.75) is 6.92 Å². The number of amidine groups is 1. The fourth-order valence-electron chi connectivity index (χ4n) is 1.94. The minimum absolute atomic E-state index is 0.632. The molecule has 0 radical (unpaired) electrons. The first kappa shape index (κ1) is 11.1. The van der Waals surface area contributed by atoms with Crippen molar-refractivity contribution >= 4 is 5.84 Å². The Morgan fingerprint density at radius 1 is 1.31 bits per heavy atom. The molecule has 0 atom stereocenters. The molecule has 1 aliphatic heterocycles. The summed E-state index contributed by atoms with van der Waals surface area (Å²) in [6, 6.07) is 1.93. The molecule has 1 aromatic heterocycles. The molecule has 1 N–H and O–H groups in total. The van der Waals surface area contributed by atoms with Crippen LogP contribution in [0.4, 0.5) is 0 Å². The van der Waals surface area contributed by atoms with E-state index < -0.39 is 0 Å². The Bertz CT molecular complexity index is 380. The summed E-state index contributed by atoms with van der Waals surface area (Å²) < 4.78 is 0. The van der Waals surface area contributed by atoms with Crippen molar-refractivity contribution in [1.29, 1.82) is 5.41 Å². The fraction of sp³-hybridized carbons (Fsp3) is 0.500. The predicted molar refractivity (Wildman–Crippen MR) is 64.9 cm³/mol. The van der Waals surface area contributed by atoms with Crippen molar-refractivity contribution in [2.75, 3.05) is 33.2 Å². The van der Waals surface area contributed by atoms with E-state index in [2.05, 4.69) is 21.8 Å². The molecule has 1 aliphatic rings. The number of hydrogen-bond acceptors (Lipinski definition) is 3. The maximum absolute atomic E-state index is 8.21. The van der Waals surface area contributed by atoms with Crippen molar-refractivity contribution in [2.24, 2.45) is 0 Å². The van der Waals surface area contributed by atoms with E-state index in [4.69, 9.17) is 5.41 Å². The number of likely N-dealkylation sites (N-methyl/N-ethyl adjacent to an activating group) is 1. The van der Waals surface area contributed by atoms with Crippen LogP contribution in [0.3, 0.4) is 0 Å². The first-order valence-electron chi connectivity index (χ1n) is 5.61. The zero-order chi connectivity index (χ0) is 11.5. The van der Waals surface area contributed by atoms with Gasteiger partial charge in [0.05, 0.1) is 0 Å². The molecule has 16 heavy (non-hydrogen) atoms. The normalized spacial score (nSPS) is 17.5. The highest BCUT2D eigenvalue weighted by Crippen LogP contribution is 2.10. The number of piperazine rings is 1. The zero-order valence-electron chi connectivity index (χ0n) is 9.90. The molecule has 1 fully saturated rings. The SMILES string of the molecule is Cc1cnccc1C(=N)N1CCN(C)CC1. The Kier molecular flexibility index (Phi) is 3.19. The highest BCUT2D eigenvalue weighted by Gasteiger charge is 2.18. The topological polar surface area (TPSA) is 43.2 Å². The van der Waals surface area contributed by atoms with Crippen LogP contribution < -0.4 is 0 Å². The summed E-state index contributed by atoms with van der Waals surface area (Å²) in [7, 11) is 2.12. The third-order valence-electron chi connectivity index (χ3n) is 3.09. The second-order valence-electron chi connectivity index (χ2n) is 4.33. The number of hydrogen-bond donors (Lipinski definition) is 1. The second kappa shape index (κ2) is 4.61. The van der Waals surface area contributed by atoms with Crippen LogP contribution in [0.1, 0.15) is 11.1 Å². The van der Waals surface area contributed by atoms with Gasteiger partial charge in [-0.2, -0.15) is 0 Å². The first-order chi connectivity index (χ1) is 7.68. The van der Waals surface area contributed by atoms with Crippen LogP contribution in [-0.4, -0.2) is 53.8 Å². The lowest BCUT2D eigenvalue weighted by atomic mass is 10.1. The van der Waals surface area contributed by atoms with E-state index in [1.54, 1.807) is 6.20 Å². The minimum atomic E-state index is 0.632. The van der Waals surface area contributed by atoms with E-state index >= 15 is 0 Å². The molecule has 4 heteroatoms. The fourth-order valence-corrected chi connectivity index (χ4v) is 1.94. The van der Waals surface area contributed by atoms with Crippen molar-refractivity contribution in [3.63, 3.8) is 0 Å². The lowest BCUT2D eigenvalue weighted by Gasteiger charge is -2.34. The number of aromatic nitrogens is 1. The maximum atomic E-state index is 8.21. The molecular weight excluding hydrogens is 200 g/mol. The first-order valence-corrected chi connectivity index (χ1v) is 5.61. The van der Waals surface area contributed by atoms with Crippen LogP contribution in [0.5, 0.6) is 0 Å². The van der Waals surface area contributed by atoms with Gasteiger partial charge in [-0.05, 0) is 25.6 Å². The van der Waals surface area contributed by atoms with E-state index in [0.717, 1.165) is 37.3 Å². The van der Waals surface area contributed by atoms with Gasteiger partial charge in [-0.15, -0.1) is 0 Å². The van der Waals surface area contributed by atoms with Crippen molar-refractivity contribution in [3.05, 3.63) is 29.6 Å². The molecule has 4 nitrogen and oxygen atoms in total. The smallest absolute Gasteiger partial charge is 0.128 e. The van der Waals surface area contributed by atoms with Gasteiger partial charge in [-0.25, -0.2) is 0 Å². The summed E-state index contributed by atoms with van der Waals surface area (Å²) in [6.07, 6.45) is 3.58. The molecule has 2 rings (SSSR count). The lowest BCUT2D eigenvalue weighted by Crippen LogP contribution is -2.47. The van der Waals surface area contributed by atoms with Gasteiger partial charge in [-0.3, -0.25) is 10.4 Å². The minimum Gasteiger partial charge on any atom is -0.354 e. The Labute approximate surface area is 96.4 Å². The molecule has 0 unspecified atom stereocenters. The monoisotopic (exact) mass is 218 g/mol. The molecule has 0 aromatic carbocycles. The average Bonchev–Trinajstić information content (AvgIpc) is 2.30. The van der Waals surface area contributed by atoms with Gasteiger partial charge in [0.2, 0.25) is 0 Å². The number of nitrogens with zero attached hydrogens (tertiary/aromatic N) is 3. The summed E-state index contributed by atoms with van der Waals surface area (Å²) in [6.45, 7) is 5.96. The molecule has 0 aliphatic carbocycles. The maximum Gasteiger partial charge on any atom is 0.128 e. The molecule has 2 heterocycles. The zero-order valence-corrected chi connectivity index (χ0v) is 9.90. The van der Waals surface area contributed by atoms with E-state index in [-0.39, 0.29) is 0 Å². The molecule has 0 saturated carbocycles. The molecule has 0 bridgehead atoms. The second-order valence-corrected chi connectivity index (χ2v) is 4.33. The van der Waals surface area contributed by atoms with Gasteiger partial charge in [0.25, 0.3) is 0 Å². The van der Waals surface area contributed by atoms with Crippen molar-refractivity contribution in [3.8, 4) is 0 Å². The van der Waals surface area contributed by atoms with Crippen LogP contribution >= 0.6 is 0 Å². The summed E-state index contributed by atoms with van der Waals surface area (Å²) >= 11 is 0. The Hall–Kier alpha value is -1.42. The quantitative estimate of drug-likeness (QED) is 0.564. The van der Waals surface area contributed by atoms with E-state index in [1.807, 2.05) is 19.2 Å². The van der Waals surface area contributed by atoms with Crippen molar-refractivity contribution in [1.82, 2.24) is 14.8 Å². The largest absolute Gasteiger partial charge is 0.354 e. The van der Waals surface area contributed by atoms with Crippen LogP contribution in [0.2, 0.25) is 0 Å². The summed E-state index contributed by atoms with van der Waals surface area (Å²) in [5.41, 5.74) is 2.07. The highest BCUT2D eigenvalue weighted by molar-refractivity contribution is 5.97. The summed E-state index contributed by atoms with van der Waals surface area (Å²) in [4.78, 5) is 8.50. The van der Waals surface area contributed by atoms with Crippen LogP contribution in [0.25, 0.3) is 0 Å². The van der Waals surface area contributed by atoms with Gasteiger partial charge in [0.1, 0.15) is 5.84 Å². The van der Waals surface area contributed by atoms with E-state index in [1.165, 1.54) is 0 Å². The number of pyridine rings is 1. The molecule has 0 spiro atoms. The summed E-state index contributed by atoms with van der Waals surface area (Å²) in [5.74, 6) is 0.632. The van der Waals surface area contributed by atoms with Gasteiger partial charge in [0.15, 0.2) is 0 Å². The highest BCUT2D eigenvalue weighted by atomic mass is 15.3. The Balaban J connectivity index is 2.11. The third-order valence-corrected chi connectivity index (χ3v) is 3.09. The van der Waals surface area contributed by atoms with Gasteiger partial charge >= 0.3 is 0 Å². The molecule has 1 aromatic rings. The van der Waals surface area contributed by atoms with Crippen molar-refractivity contribution < 1.29 is 0 Å². The molecule has 86 valence electrons. The lowest BCUT2D eigenvalue weighted by molar-refractivity contribution is 0.215. The molecule has 0 amide bonds. The van der Waals surface area contributed by atoms with Gasteiger partial charge in [0, 0.05) is 44.1 Å². The van der Waals surface area contributed by atoms with Crippen LogP contribution in [0, 0.1) is 12.3 Å². The van der Waals surface area contributed by atoms with Gasteiger partial charge in [-0.1, -0.05) is 0 Å². The number of nitrogens with one attached hydrogen (secondary N) is 1. The summed E-state index contributed by atoms with van der Waals surface area (Å²) in [5, 5.41) is 8.21. The molecule has 1 saturated heterocycles. The van der Waals surface area contributed by atoms with E-state index in [0.29, 0.717) is 5.84 Å². The number of rotatable bonds is 1. The standard InChI is InChI=1S/C12H18N4/c1-10-9-14-4-3-11(10)12(13)16-7-5-15(2)6-8-16/h3-4,9,13H,5-8H2,1-2H3. The number of aryl methyl sites for hydroxylation is 1. The average molecular weight is 218 g/mol. The van der Waals surface area contributed by atoms with Gasteiger partial charge < -0.3 is 9.80 Å². The van der Waals surface area contributed by atoms with Crippen LogP contribution in [-0.2, 0) is 0 Å². The van der Waals surface area contributed by atoms with E-state index in [9.17, 15) is 0 Å². The third kappa shape index (κ3) is 2.22. The Morgan fingerprint density at radius 3 is 2.62 bits per heavy atom. The molecular formula is C12H18N4. The van der Waals surface area contributed by atoms with Crippen LogP contribution in [0.15, 0.2) is 18.5 Å². The predicted octanol–water partition coefficient (Wildman–Crippen LogP) is 0.963. The Morgan fingerprint density at radius 2 is 2.00 bits per heavy atom.